The van der Waals surface area contributed by atoms with Gasteiger partial charge in [-0.1, -0.05) is 0 Å². The second kappa shape index (κ2) is 7.08. The molecule has 2 aliphatic heterocycles. The van der Waals surface area contributed by atoms with Gasteiger partial charge in [0.25, 0.3) is 0 Å². The molecule has 2 saturated heterocycles. The topological polar surface area (TPSA) is 36.8 Å². The molecule has 0 aliphatic carbocycles. The first kappa shape index (κ1) is 15.9. The molecule has 0 radical (unpaired) electrons. The molecule has 0 N–H and O–H groups in total. The van der Waals surface area contributed by atoms with Crippen LogP contribution < -0.4 is 0 Å². The first-order valence-corrected chi connectivity index (χ1v) is 8.34. The van der Waals surface area contributed by atoms with E-state index in [2.05, 4.69) is 45.3 Å². The van der Waals surface area contributed by atoms with Crippen LogP contribution in [0.15, 0.2) is 12.4 Å². The maximum Gasteiger partial charge on any atom is 0.122 e. The highest BCUT2D eigenvalue weighted by atomic mass is 16.5. The van der Waals surface area contributed by atoms with E-state index in [0.29, 0.717) is 12.1 Å². The third-order valence-corrected chi connectivity index (χ3v) is 4.92. The van der Waals surface area contributed by atoms with Gasteiger partial charge in [-0.3, -0.25) is 9.80 Å². The Hall–Kier alpha value is -0.950. The molecule has 2 unspecified atom stereocenters. The van der Waals surface area contributed by atoms with E-state index in [1.165, 1.54) is 0 Å². The highest BCUT2D eigenvalue weighted by molar-refractivity contribution is 4.93. The molecular formula is C16H29N5O. The van der Waals surface area contributed by atoms with Gasteiger partial charge >= 0.3 is 0 Å². The molecule has 6 heteroatoms. The van der Waals surface area contributed by atoms with Gasteiger partial charge in [0.05, 0.1) is 19.3 Å². The SMILES string of the molecule is CC1CN(CC2CN(C)CCO2)CCN1Cc1nccn1C. The number of ether oxygens (including phenoxy) is 1. The van der Waals surface area contributed by atoms with Crippen LogP contribution in [0.25, 0.3) is 0 Å². The Bertz CT molecular complexity index is 477. The summed E-state index contributed by atoms with van der Waals surface area (Å²) >= 11 is 0. The number of rotatable bonds is 4. The molecule has 1 aromatic rings. The average Bonchev–Trinajstić information content (AvgIpc) is 2.87. The van der Waals surface area contributed by atoms with Gasteiger partial charge in [0.1, 0.15) is 5.82 Å². The molecule has 0 spiro atoms. The van der Waals surface area contributed by atoms with Crippen LogP contribution in [0, 0.1) is 0 Å². The number of hydrogen-bond acceptors (Lipinski definition) is 5. The van der Waals surface area contributed by atoms with E-state index >= 15 is 0 Å². The lowest BCUT2D eigenvalue weighted by Gasteiger charge is -2.41. The summed E-state index contributed by atoms with van der Waals surface area (Å²) in [6.45, 7) is 10.7. The Balaban J connectivity index is 1.48. The molecule has 0 bridgehead atoms. The van der Waals surface area contributed by atoms with Crippen molar-refractivity contribution in [1.82, 2.24) is 24.3 Å². The minimum Gasteiger partial charge on any atom is -0.374 e. The van der Waals surface area contributed by atoms with Crippen LogP contribution >= 0.6 is 0 Å². The number of morpholine rings is 1. The third-order valence-electron chi connectivity index (χ3n) is 4.92. The molecule has 0 amide bonds. The predicted octanol–water partition coefficient (Wildman–Crippen LogP) is 0.257. The molecule has 0 aromatic carbocycles. The number of aryl methyl sites for hydroxylation is 1. The third kappa shape index (κ3) is 3.87. The van der Waals surface area contributed by atoms with Gasteiger partial charge in [0.2, 0.25) is 0 Å². The van der Waals surface area contributed by atoms with Crippen molar-refractivity contribution in [3.8, 4) is 0 Å². The van der Waals surface area contributed by atoms with Gasteiger partial charge < -0.3 is 14.2 Å². The number of likely N-dealkylation sites (N-methyl/N-ethyl adjacent to an activating group) is 1. The Kier molecular flexibility index (Phi) is 5.13. The average molecular weight is 307 g/mol. The van der Waals surface area contributed by atoms with Crippen LogP contribution in [-0.2, 0) is 18.3 Å². The number of piperazine rings is 1. The van der Waals surface area contributed by atoms with E-state index < -0.39 is 0 Å². The molecule has 6 nitrogen and oxygen atoms in total. The first-order chi connectivity index (χ1) is 10.6. The van der Waals surface area contributed by atoms with Crippen LogP contribution in [0.2, 0.25) is 0 Å². The normalized spacial score (nSPS) is 29.0. The van der Waals surface area contributed by atoms with Crippen molar-refractivity contribution >= 4 is 0 Å². The van der Waals surface area contributed by atoms with Crippen molar-refractivity contribution in [3.05, 3.63) is 18.2 Å². The van der Waals surface area contributed by atoms with Crippen molar-refractivity contribution in [2.24, 2.45) is 7.05 Å². The summed E-state index contributed by atoms with van der Waals surface area (Å²) in [6, 6.07) is 0.562. The highest BCUT2D eigenvalue weighted by Crippen LogP contribution is 2.14. The Morgan fingerprint density at radius 1 is 1.23 bits per heavy atom. The van der Waals surface area contributed by atoms with E-state index in [1.54, 1.807) is 0 Å². The summed E-state index contributed by atoms with van der Waals surface area (Å²) in [5, 5.41) is 0. The predicted molar refractivity (Wildman–Crippen MR) is 86.8 cm³/mol. The second-order valence-electron chi connectivity index (χ2n) is 6.79. The highest BCUT2D eigenvalue weighted by Gasteiger charge is 2.27. The van der Waals surface area contributed by atoms with Crippen LogP contribution in [0.1, 0.15) is 12.7 Å². The quantitative estimate of drug-likeness (QED) is 0.797. The molecule has 0 saturated carbocycles. The van der Waals surface area contributed by atoms with E-state index in [1.807, 2.05) is 12.4 Å². The van der Waals surface area contributed by atoms with Gasteiger partial charge in [0, 0.05) is 64.8 Å². The van der Waals surface area contributed by atoms with Gasteiger partial charge in [-0.15, -0.1) is 0 Å². The summed E-state index contributed by atoms with van der Waals surface area (Å²) in [4.78, 5) is 11.9. The minimum atomic E-state index is 0.368. The summed E-state index contributed by atoms with van der Waals surface area (Å²) in [7, 11) is 4.25. The van der Waals surface area contributed by atoms with Crippen molar-refractivity contribution in [1.29, 1.82) is 0 Å². The Morgan fingerprint density at radius 3 is 2.77 bits per heavy atom. The van der Waals surface area contributed by atoms with Gasteiger partial charge in [-0.05, 0) is 14.0 Å². The van der Waals surface area contributed by atoms with E-state index in [4.69, 9.17) is 4.74 Å². The molecule has 1 aromatic heterocycles. The number of aromatic nitrogens is 2. The van der Waals surface area contributed by atoms with Crippen LogP contribution in [0.3, 0.4) is 0 Å². The monoisotopic (exact) mass is 307 g/mol. The number of hydrogen-bond donors (Lipinski definition) is 0. The summed E-state index contributed by atoms with van der Waals surface area (Å²) in [5.41, 5.74) is 0. The van der Waals surface area contributed by atoms with E-state index in [0.717, 1.165) is 58.2 Å². The van der Waals surface area contributed by atoms with Gasteiger partial charge in [0.15, 0.2) is 0 Å². The summed E-state index contributed by atoms with van der Waals surface area (Å²) in [6.07, 6.45) is 4.27. The zero-order chi connectivity index (χ0) is 15.5. The van der Waals surface area contributed by atoms with Gasteiger partial charge in [-0.2, -0.15) is 0 Å². The zero-order valence-electron chi connectivity index (χ0n) is 14.1. The Morgan fingerprint density at radius 2 is 2.09 bits per heavy atom. The fraction of sp³-hybridized carbons (Fsp3) is 0.812. The summed E-state index contributed by atoms with van der Waals surface area (Å²) in [5.74, 6) is 1.15. The fourth-order valence-electron chi connectivity index (χ4n) is 3.47. The van der Waals surface area contributed by atoms with Crippen LogP contribution in [0.5, 0.6) is 0 Å². The molecule has 2 fully saturated rings. The van der Waals surface area contributed by atoms with Crippen LogP contribution in [0.4, 0.5) is 0 Å². The molecule has 3 heterocycles. The van der Waals surface area contributed by atoms with E-state index in [-0.39, 0.29) is 0 Å². The van der Waals surface area contributed by atoms with Crippen LogP contribution in [-0.4, -0.2) is 89.3 Å². The standard InChI is InChI=1S/C16H29N5O/c1-14-10-20(12-15-11-18(2)8-9-22-15)6-7-21(14)13-16-17-4-5-19(16)3/h4-5,14-15H,6-13H2,1-3H3. The molecule has 2 atom stereocenters. The molecule has 124 valence electrons. The van der Waals surface area contributed by atoms with Crippen molar-refractivity contribution in [2.75, 3.05) is 52.9 Å². The van der Waals surface area contributed by atoms with Gasteiger partial charge in [-0.25, -0.2) is 4.98 Å². The maximum atomic E-state index is 5.90. The Labute approximate surface area is 133 Å². The lowest BCUT2D eigenvalue weighted by molar-refractivity contribution is -0.0460. The van der Waals surface area contributed by atoms with Crippen molar-refractivity contribution in [3.63, 3.8) is 0 Å². The second-order valence-corrected chi connectivity index (χ2v) is 6.79. The molecule has 22 heavy (non-hydrogen) atoms. The van der Waals surface area contributed by atoms with Crippen molar-refractivity contribution in [2.45, 2.75) is 25.6 Å². The van der Waals surface area contributed by atoms with Crippen molar-refractivity contribution < 1.29 is 4.74 Å². The zero-order valence-corrected chi connectivity index (χ0v) is 14.1. The molecule has 3 rings (SSSR count). The first-order valence-electron chi connectivity index (χ1n) is 8.34. The minimum absolute atomic E-state index is 0.368. The smallest absolute Gasteiger partial charge is 0.122 e. The number of nitrogens with zero attached hydrogens (tertiary/aromatic N) is 5. The molecule has 2 aliphatic rings. The largest absolute Gasteiger partial charge is 0.374 e. The maximum absolute atomic E-state index is 5.90. The van der Waals surface area contributed by atoms with E-state index in [9.17, 15) is 0 Å². The molecular weight excluding hydrogens is 278 g/mol. The number of imidazole rings is 1. The fourth-order valence-corrected chi connectivity index (χ4v) is 3.47. The summed E-state index contributed by atoms with van der Waals surface area (Å²) < 4.78 is 8.02. The lowest BCUT2D eigenvalue weighted by Crippen LogP contribution is -2.55. The lowest BCUT2D eigenvalue weighted by atomic mass is 10.1.